The number of carboxylic acid groups (broad SMARTS) is 1. The summed E-state index contributed by atoms with van der Waals surface area (Å²) >= 11 is 3.10. The monoisotopic (exact) mass is 360 g/mol. The molecule has 1 heterocycles. The number of hydrogen-bond acceptors (Lipinski definition) is 4. The zero-order chi connectivity index (χ0) is 16.2. The quantitative estimate of drug-likeness (QED) is 0.825. The molecular formula is C13H17BrN2O5. The molecule has 1 rings (SSSR count). The third kappa shape index (κ3) is 4.89. The molecule has 1 atom stereocenters. The summed E-state index contributed by atoms with van der Waals surface area (Å²) in [6, 6.07) is 3.09. The van der Waals surface area contributed by atoms with Crippen LogP contribution in [0.5, 0.6) is 0 Å². The van der Waals surface area contributed by atoms with Gasteiger partial charge in [-0.25, -0.2) is 0 Å². The first-order valence-corrected chi connectivity index (χ1v) is 6.99. The van der Waals surface area contributed by atoms with Crippen LogP contribution in [0.3, 0.4) is 0 Å². The van der Waals surface area contributed by atoms with Crippen molar-refractivity contribution in [2.45, 2.75) is 6.92 Å². The minimum atomic E-state index is -0.973. The molecule has 1 aromatic heterocycles. The molecule has 1 N–H and O–H groups in total. The van der Waals surface area contributed by atoms with Gasteiger partial charge < -0.3 is 19.3 Å². The molecule has 0 bridgehead atoms. The molecule has 7 nitrogen and oxygen atoms in total. The average Bonchev–Trinajstić information content (AvgIpc) is 2.83. The van der Waals surface area contributed by atoms with E-state index in [0.717, 1.165) is 0 Å². The predicted molar refractivity (Wildman–Crippen MR) is 77.8 cm³/mol. The van der Waals surface area contributed by atoms with Crippen molar-refractivity contribution in [3.63, 3.8) is 0 Å². The van der Waals surface area contributed by atoms with Gasteiger partial charge in [-0.2, -0.15) is 0 Å². The molecule has 0 fully saturated rings. The molecule has 2 amide bonds. The van der Waals surface area contributed by atoms with Crippen LogP contribution < -0.4 is 0 Å². The standard InChI is InChI=1S/C13H17BrN2O5/c1-8(13(19)20)6-15(2)11(17)7-16(3)12(18)9-4-5-10(14)21-9/h4-5,8H,6-7H2,1-3H3,(H,19,20). The highest BCUT2D eigenvalue weighted by atomic mass is 79.9. The number of likely N-dealkylation sites (N-methyl/N-ethyl adjacent to an activating group) is 2. The molecule has 8 heteroatoms. The molecule has 0 aromatic carbocycles. The maximum atomic E-state index is 12.0. The van der Waals surface area contributed by atoms with E-state index in [-0.39, 0.29) is 24.8 Å². The van der Waals surface area contributed by atoms with Gasteiger partial charge in [0.2, 0.25) is 5.91 Å². The number of hydrogen-bond donors (Lipinski definition) is 1. The third-order valence-corrected chi connectivity index (χ3v) is 3.32. The number of amides is 2. The number of rotatable bonds is 6. The second kappa shape index (κ2) is 7.26. The Morgan fingerprint density at radius 2 is 1.90 bits per heavy atom. The van der Waals surface area contributed by atoms with Crippen molar-refractivity contribution < 1.29 is 23.9 Å². The molecule has 0 saturated carbocycles. The fourth-order valence-electron chi connectivity index (χ4n) is 1.60. The zero-order valence-corrected chi connectivity index (χ0v) is 13.6. The average molecular weight is 361 g/mol. The van der Waals surface area contributed by atoms with Crippen molar-refractivity contribution in [3.05, 3.63) is 22.6 Å². The topological polar surface area (TPSA) is 91.1 Å². The van der Waals surface area contributed by atoms with E-state index < -0.39 is 17.8 Å². The van der Waals surface area contributed by atoms with Gasteiger partial charge in [-0.05, 0) is 28.1 Å². The predicted octanol–water partition coefficient (Wildman–Crippen LogP) is 1.29. The van der Waals surface area contributed by atoms with E-state index in [4.69, 9.17) is 9.52 Å². The molecule has 1 aromatic rings. The van der Waals surface area contributed by atoms with Crippen molar-refractivity contribution in [2.75, 3.05) is 27.2 Å². The van der Waals surface area contributed by atoms with Gasteiger partial charge >= 0.3 is 5.97 Å². The maximum Gasteiger partial charge on any atom is 0.308 e. The lowest BCUT2D eigenvalue weighted by molar-refractivity contribution is -0.142. The molecule has 0 aliphatic carbocycles. The van der Waals surface area contributed by atoms with Gasteiger partial charge in [-0.3, -0.25) is 14.4 Å². The zero-order valence-electron chi connectivity index (χ0n) is 12.0. The number of carbonyl (C=O) groups is 3. The van der Waals surface area contributed by atoms with E-state index in [9.17, 15) is 14.4 Å². The van der Waals surface area contributed by atoms with Gasteiger partial charge in [0.25, 0.3) is 5.91 Å². The summed E-state index contributed by atoms with van der Waals surface area (Å²) in [6.45, 7) is 1.45. The Balaban J connectivity index is 2.57. The molecule has 0 saturated heterocycles. The van der Waals surface area contributed by atoms with Crippen LogP contribution in [0.15, 0.2) is 21.2 Å². The molecule has 0 aliphatic heterocycles. The first kappa shape index (κ1) is 17.2. The highest BCUT2D eigenvalue weighted by molar-refractivity contribution is 9.10. The lowest BCUT2D eigenvalue weighted by Crippen LogP contribution is -2.41. The molecule has 0 spiro atoms. The summed E-state index contributed by atoms with van der Waals surface area (Å²) < 4.78 is 5.56. The number of furan rings is 1. The molecule has 116 valence electrons. The summed E-state index contributed by atoms with van der Waals surface area (Å²) in [5, 5.41) is 8.81. The maximum absolute atomic E-state index is 12.0. The molecular weight excluding hydrogens is 344 g/mol. The van der Waals surface area contributed by atoms with E-state index >= 15 is 0 Å². The lowest BCUT2D eigenvalue weighted by Gasteiger charge is -2.22. The fourth-order valence-corrected chi connectivity index (χ4v) is 1.91. The Labute approximate surface area is 130 Å². The Hall–Kier alpha value is -1.83. The normalized spacial score (nSPS) is 11.8. The minimum Gasteiger partial charge on any atom is -0.481 e. The Morgan fingerprint density at radius 3 is 2.38 bits per heavy atom. The van der Waals surface area contributed by atoms with Gasteiger partial charge in [0.1, 0.15) is 0 Å². The summed E-state index contributed by atoms with van der Waals surface area (Å²) in [5.74, 6) is -2.28. The van der Waals surface area contributed by atoms with E-state index in [1.54, 1.807) is 6.07 Å². The number of carboxylic acids is 1. The van der Waals surface area contributed by atoms with Crippen LogP contribution in [0, 0.1) is 5.92 Å². The molecule has 0 aliphatic rings. The summed E-state index contributed by atoms with van der Waals surface area (Å²) in [4.78, 5) is 37.2. The van der Waals surface area contributed by atoms with E-state index in [0.29, 0.717) is 4.67 Å². The fraction of sp³-hybridized carbons (Fsp3) is 0.462. The smallest absolute Gasteiger partial charge is 0.308 e. The second-order valence-electron chi connectivity index (χ2n) is 4.78. The number of carbonyl (C=O) groups excluding carboxylic acids is 2. The highest BCUT2D eigenvalue weighted by Gasteiger charge is 2.22. The molecule has 1 unspecified atom stereocenters. The number of halogens is 1. The minimum absolute atomic E-state index is 0.0858. The van der Waals surface area contributed by atoms with Crippen LogP contribution in [0.1, 0.15) is 17.5 Å². The largest absolute Gasteiger partial charge is 0.481 e. The van der Waals surface area contributed by atoms with E-state index in [1.165, 1.54) is 36.9 Å². The van der Waals surface area contributed by atoms with Gasteiger partial charge in [-0.1, -0.05) is 6.92 Å². The van der Waals surface area contributed by atoms with Gasteiger partial charge in [0.15, 0.2) is 10.4 Å². The van der Waals surface area contributed by atoms with Crippen LogP contribution in [0.25, 0.3) is 0 Å². The van der Waals surface area contributed by atoms with Crippen LogP contribution in [0.2, 0.25) is 0 Å². The number of nitrogens with zero attached hydrogens (tertiary/aromatic N) is 2. The highest BCUT2D eigenvalue weighted by Crippen LogP contribution is 2.15. The molecule has 21 heavy (non-hydrogen) atoms. The van der Waals surface area contributed by atoms with Gasteiger partial charge in [-0.15, -0.1) is 0 Å². The SMILES string of the molecule is CC(CN(C)C(=O)CN(C)C(=O)c1ccc(Br)o1)C(=O)O. The van der Waals surface area contributed by atoms with Crippen molar-refractivity contribution in [1.29, 1.82) is 0 Å². The van der Waals surface area contributed by atoms with Crippen molar-refractivity contribution in [3.8, 4) is 0 Å². The van der Waals surface area contributed by atoms with Crippen LogP contribution >= 0.6 is 15.9 Å². The molecule has 0 radical (unpaired) electrons. The summed E-state index contributed by atoms with van der Waals surface area (Å²) in [6.07, 6.45) is 0. The number of aliphatic carboxylic acids is 1. The van der Waals surface area contributed by atoms with E-state index in [1.807, 2.05) is 0 Å². The Kier molecular flexibility index (Phi) is 5.95. The van der Waals surface area contributed by atoms with Crippen LogP contribution in [-0.2, 0) is 9.59 Å². The third-order valence-electron chi connectivity index (χ3n) is 2.90. The first-order chi connectivity index (χ1) is 9.72. The summed E-state index contributed by atoms with van der Waals surface area (Å²) in [5.41, 5.74) is 0. The second-order valence-corrected chi connectivity index (χ2v) is 5.56. The van der Waals surface area contributed by atoms with Gasteiger partial charge in [0, 0.05) is 20.6 Å². The van der Waals surface area contributed by atoms with Gasteiger partial charge in [0.05, 0.1) is 12.5 Å². The summed E-state index contributed by atoms with van der Waals surface area (Å²) in [7, 11) is 2.98. The van der Waals surface area contributed by atoms with Crippen molar-refractivity contribution in [1.82, 2.24) is 9.80 Å². The Morgan fingerprint density at radius 1 is 1.29 bits per heavy atom. The van der Waals surface area contributed by atoms with Crippen LogP contribution in [0.4, 0.5) is 0 Å². The Bertz CT molecular complexity index is 542. The first-order valence-electron chi connectivity index (χ1n) is 6.20. The van der Waals surface area contributed by atoms with Crippen molar-refractivity contribution in [2.24, 2.45) is 5.92 Å². The van der Waals surface area contributed by atoms with Crippen molar-refractivity contribution >= 4 is 33.7 Å². The van der Waals surface area contributed by atoms with Crippen LogP contribution in [-0.4, -0.2) is 59.9 Å². The lowest BCUT2D eigenvalue weighted by atomic mass is 10.2. The van der Waals surface area contributed by atoms with E-state index in [2.05, 4.69) is 15.9 Å².